The van der Waals surface area contributed by atoms with E-state index in [1.807, 2.05) is 18.2 Å². The van der Waals surface area contributed by atoms with Crippen LogP contribution in [0.5, 0.6) is 5.75 Å². The molecule has 2 heterocycles. The van der Waals surface area contributed by atoms with Gasteiger partial charge in [-0.3, -0.25) is 14.5 Å². The zero-order valence-corrected chi connectivity index (χ0v) is 19.2. The van der Waals surface area contributed by atoms with Gasteiger partial charge in [0, 0.05) is 23.8 Å². The maximum atomic E-state index is 13.0. The van der Waals surface area contributed by atoms with E-state index in [1.54, 1.807) is 4.90 Å². The highest BCUT2D eigenvalue weighted by atomic mass is 16.5. The van der Waals surface area contributed by atoms with Crippen LogP contribution in [0.3, 0.4) is 0 Å². The van der Waals surface area contributed by atoms with Crippen LogP contribution in [-0.2, 0) is 11.3 Å². The van der Waals surface area contributed by atoms with E-state index < -0.39 is 6.04 Å². The molecule has 0 spiro atoms. The van der Waals surface area contributed by atoms with Crippen molar-refractivity contribution < 1.29 is 14.3 Å². The predicted molar refractivity (Wildman–Crippen MR) is 121 cm³/mol. The summed E-state index contributed by atoms with van der Waals surface area (Å²) >= 11 is 0. The van der Waals surface area contributed by atoms with Gasteiger partial charge in [-0.2, -0.15) is 0 Å². The van der Waals surface area contributed by atoms with Crippen LogP contribution in [0.4, 0.5) is 0 Å². The molecule has 3 aliphatic rings. The van der Waals surface area contributed by atoms with E-state index in [4.69, 9.17) is 4.74 Å². The maximum Gasteiger partial charge on any atom is 0.255 e. The van der Waals surface area contributed by atoms with Gasteiger partial charge < -0.3 is 15.0 Å². The number of rotatable bonds is 6. The smallest absolute Gasteiger partial charge is 0.255 e. The van der Waals surface area contributed by atoms with Gasteiger partial charge in [0.1, 0.15) is 17.9 Å². The van der Waals surface area contributed by atoms with E-state index in [2.05, 4.69) is 44.5 Å². The molecule has 4 rings (SSSR count). The van der Waals surface area contributed by atoms with E-state index in [0.717, 1.165) is 42.9 Å². The largest absolute Gasteiger partial charge is 0.489 e. The second-order valence-corrected chi connectivity index (χ2v) is 9.92. The molecule has 1 aliphatic carbocycles. The summed E-state index contributed by atoms with van der Waals surface area (Å²) in [5.74, 6) is 0.607. The number of likely N-dealkylation sites (N-methyl/N-ethyl adjacent to an activating group) is 1. The van der Waals surface area contributed by atoms with Crippen LogP contribution in [0.1, 0.15) is 69.3 Å². The Labute approximate surface area is 185 Å². The molecule has 2 amide bonds. The van der Waals surface area contributed by atoms with Gasteiger partial charge in [0.2, 0.25) is 5.91 Å². The number of hydrogen-bond donors (Lipinski definition) is 1. The number of allylic oxidation sites excluding steroid dienone is 1. The SMILES string of the molecule is C=C1CCC(N2Cc3cc(OC4CC(C)(C)CC4N(CC)CC)ccc3C2=O)C(=O)N1. The Bertz CT molecular complexity index is 890. The van der Waals surface area contributed by atoms with E-state index in [1.165, 1.54) is 0 Å². The molecule has 1 aromatic rings. The molecular weight excluding hydrogens is 390 g/mol. The maximum absolute atomic E-state index is 13.0. The van der Waals surface area contributed by atoms with Crippen LogP contribution in [0.25, 0.3) is 0 Å². The van der Waals surface area contributed by atoms with Gasteiger partial charge in [-0.15, -0.1) is 0 Å². The Morgan fingerprint density at radius 1 is 1.23 bits per heavy atom. The molecule has 1 saturated carbocycles. The number of piperidine rings is 1. The first-order valence-electron chi connectivity index (χ1n) is 11.6. The summed E-state index contributed by atoms with van der Waals surface area (Å²) in [5.41, 5.74) is 2.59. The summed E-state index contributed by atoms with van der Waals surface area (Å²) < 4.78 is 6.52. The third kappa shape index (κ3) is 4.22. The van der Waals surface area contributed by atoms with E-state index in [-0.39, 0.29) is 23.3 Å². The minimum atomic E-state index is -0.433. The Kier molecular flexibility index (Phi) is 5.86. The highest BCUT2D eigenvalue weighted by molar-refractivity contribution is 6.01. The van der Waals surface area contributed by atoms with Crippen LogP contribution in [-0.4, -0.2) is 52.9 Å². The fraction of sp³-hybridized carbons (Fsp3) is 0.600. The average Bonchev–Trinajstić information content (AvgIpc) is 3.19. The van der Waals surface area contributed by atoms with Gasteiger partial charge in [0.25, 0.3) is 5.91 Å². The lowest BCUT2D eigenvalue weighted by Gasteiger charge is -2.31. The van der Waals surface area contributed by atoms with Gasteiger partial charge in [-0.1, -0.05) is 34.3 Å². The van der Waals surface area contributed by atoms with Crippen LogP contribution >= 0.6 is 0 Å². The number of nitrogens with zero attached hydrogens (tertiary/aromatic N) is 2. The van der Waals surface area contributed by atoms with Crippen LogP contribution in [0.15, 0.2) is 30.5 Å². The molecule has 3 atom stereocenters. The molecular formula is C25H35N3O3. The van der Waals surface area contributed by atoms with Gasteiger partial charge in [-0.05, 0) is 68.0 Å². The number of ether oxygens (including phenoxy) is 1. The second-order valence-electron chi connectivity index (χ2n) is 9.92. The van der Waals surface area contributed by atoms with Gasteiger partial charge >= 0.3 is 0 Å². The normalized spacial score (nSPS) is 27.6. The van der Waals surface area contributed by atoms with Crippen LogP contribution < -0.4 is 10.1 Å². The highest BCUT2D eigenvalue weighted by Gasteiger charge is 2.43. The molecule has 2 aliphatic heterocycles. The number of fused-ring (bicyclic) bond motifs is 1. The molecule has 168 valence electrons. The summed E-state index contributed by atoms with van der Waals surface area (Å²) in [4.78, 5) is 29.5. The first-order chi connectivity index (χ1) is 14.7. The molecule has 0 bridgehead atoms. The first-order valence-corrected chi connectivity index (χ1v) is 11.6. The highest BCUT2D eigenvalue weighted by Crippen LogP contribution is 2.42. The van der Waals surface area contributed by atoms with E-state index in [0.29, 0.717) is 31.0 Å². The average molecular weight is 426 g/mol. The lowest BCUT2D eigenvalue weighted by Crippen LogP contribution is -2.49. The molecule has 1 aromatic carbocycles. The molecule has 2 fully saturated rings. The summed E-state index contributed by atoms with van der Waals surface area (Å²) in [6.45, 7) is 15.4. The van der Waals surface area contributed by atoms with E-state index in [9.17, 15) is 9.59 Å². The Morgan fingerprint density at radius 2 is 1.97 bits per heavy atom. The van der Waals surface area contributed by atoms with Gasteiger partial charge in [0.15, 0.2) is 0 Å². The lowest BCUT2D eigenvalue weighted by molar-refractivity contribution is -0.126. The fourth-order valence-electron chi connectivity index (χ4n) is 5.52. The van der Waals surface area contributed by atoms with Crippen LogP contribution in [0, 0.1) is 5.41 Å². The van der Waals surface area contributed by atoms with Crippen molar-refractivity contribution in [1.82, 2.24) is 15.1 Å². The molecule has 6 nitrogen and oxygen atoms in total. The predicted octanol–water partition coefficient (Wildman–Crippen LogP) is 3.71. The zero-order valence-electron chi connectivity index (χ0n) is 19.2. The molecule has 3 unspecified atom stereocenters. The summed E-state index contributed by atoms with van der Waals surface area (Å²) in [6, 6.07) is 5.73. The van der Waals surface area contributed by atoms with Crippen molar-refractivity contribution in [3.05, 3.63) is 41.6 Å². The topological polar surface area (TPSA) is 61.9 Å². The van der Waals surface area contributed by atoms with Crippen molar-refractivity contribution in [2.24, 2.45) is 5.41 Å². The molecule has 0 radical (unpaired) electrons. The van der Waals surface area contributed by atoms with E-state index >= 15 is 0 Å². The zero-order chi connectivity index (χ0) is 22.3. The van der Waals surface area contributed by atoms with Crippen LogP contribution in [0.2, 0.25) is 0 Å². The second kappa shape index (κ2) is 8.30. The third-order valence-electron chi connectivity index (χ3n) is 7.12. The summed E-state index contributed by atoms with van der Waals surface area (Å²) in [5, 5.41) is 2.79. The Hall–Kier alpha value is -2.34. The third-order valence-corrected chi connectivity index (χ3v) is 7.12. The number of benzene rings is 1. The van der Waals surface area contributed by atoms with Crippen molar-refractivity contribution in [3.63, 3.8) is 0 Å². The minimum absolute atomic E-state index is 0.0720. The quantitative estimate of drug-likeness (QED) is 0.755. The van der Waals surface area contributed by atoms with Crippen molar-refractivity contribution in [1.29, 1.82) is 0 Å². The van der Waals surface area contributed by atoms with Gasteiger partial charge in [0.05, 0.1) is 0 Å². The number of carbonyl (C=O) groups excluding carboxylic acids is 2. The summed E-state index contributed by atoms with van der Waals surface area (Å²) in [6.07, 6.45) is 3.60. The van der Waals surface area contributed by atoms with Gasteiger partial charge in [-0.25, -0.2) is 0 Å². The number of amides is 2. The molecule has 6 heteroatoms. The Balaban J connectivity index is 1.51. The van der Waals surface area contributed by atoms with Crippen molar-refractivity contribution >= 4 is 11.8 Å². The molecule has 31 heavy (non-hydrogen) atoms. The number of carbonyl (C=O) groups is 2. The minimum Gasteiger partial charge on any atom is -0.489 e. The molecule has 1 N–H and O–H groups in total. The molecule has 1 saturated heterocycles. The van der Waals surface area contributed by atoms with Crippen molar-refractivity contribution in [2.45, 2.75) is 78.1 Å². The number of nitrogens with one attached hydrogen (secondary N) is 1. The van der Waals surface area contributed by atoms with Crippen molar-refractivity contribution in [2.75, 3.05) is 13.1 Å². The first kappa shape index (κ1) is 21.9. The monoisotopic (exact) mass is 425 g/mol. The standard InChI is InChI=1S/C25H35N3O3/c1-6-27(7-2)21-13-25(4,5)14-22(21)31-18-9-10-19-17(12-18)15-28(24(19)30)20-11-8-16(3)26-23(20)29/h9-10,12,20-22H,3,6-8,11,13-15H2,1-2,4-5H3,(H,26,29). The fourth-order valence-corrected chi connectivity index (χ4v) is 5.52. The Morgan fingerprint density at radius 3 is 2.65 bits per heavy atom. The van der Waals surface area contributed by atoms with Crippen molar-refractivity contribution in [3.8, 4) is 5.75 Å². The number of hydrogen-bond acceptors (Lipinski definition) is 4. The molecule has 0 aromatic heterocycles. The summed E-state index contributed by atoms with van der Waals surface area (Å²) in [7, 11) is 0. The lowest BCUT2D eigenvalue weighted by atomic mass is 9.91.